The highest BCUT2D eigenvalue weighted by Gasteiger charge is 2.29. The molecular weight excluding hydrogens is 280 g/mol. The largest absolute Gasteiger partial charge is 0.465 e. The van der Waals surface area contributed by atoms with Crippen molar-refractivity contribution in [3.63, 3.8) is 0 Å². The Bertz CT molecular complexity index is 393. The Morgan fingerprint density at radius 1 is 1.30 bits per heavy atom. The van der Waals surface area contributed by atoms with Crippen molar-refractivity contribution in [2.45, 2.75) is 38.6 Å². The van der Waals surface area contributed by atoms with Gasteiger partial charge in [-0.3, -0.25) is 4.79 Å². The standard InChI is InChI=1S/C13H28N2O4S/c1-5-19-12(16)13(2,14)8-6-7-9-15(3)10-11-20(4,17)18/h5-11,14H2,1-4H3. The maximum atomic E-state index is 11.6. The normalized spacial score (nSPS) is 15.1. The van der Waals surface area contributed by atoms with Gasteiger partial charge in [0.2, 0.25) is 0 Å². The van der Waals surface area contributed by atoms with E-state index in [9.17, 15) is 13.2 Å². The molecule has 0 aliphatic rings. The van der Waals surface area contributed by atoms with Gasteiger partial charge < -0.3 is 15.4 Å². The molecule has 1 unspecified atom stereocenters. The van der Waals surface area contributed by atoms with Crippen LogP contribution in [-0.4, -0.2) is 63.6 Å². The van der Waals surface area contributed by atoms with Crippen molar-refractivity contribution in [1.82, 2.24) is 4.90 Å². The van der Waals surface area contributed by atoms with Crippen LogP contribution in [0.5, 0.6) is 0 Å². The monoisotopic (exact) mass is 308 g/mol. The maximum Gasteiger partial charge on any atom is 0.325 e. The van der Waals surface area contributed by atoms with Crippen molar-refractivity contribution < 1.29 is 17.9 Å². The molecule has 0 radical (unpaired) electrons. The molecule has 0 aliphatic carbocycles. The molecular formula is C13H28N2O4S. The number of sulfone groups is 1. The number of hydrogen-bond acceptors (Lipinski definition) is 6. The van der Waals surface area contributed by atoms with Crippen LogP contribution in [0.4, 0.5) is 0 Å². The third kappa shape index (κ3) is 9.28. The fraction of sp³-hybridized carbons (Fsp3) is 0.923. The van der Waals surface area contributed by atoms with Gasteiger partial charge in [0.15, 0.2) is 0 Å². The van der Waals surface area contributed by atoms with Gasteiger partial charge in [0, 0.05) is 12.8 Å². The summed E-state index contributed by atoms with van der Waals surface area (Å²) in [5.74, 6) is -0.202. The lowest BCUT2D eigenvalue weighted by atomic mass is 9.96. The van der Waals surface area contributed by atoms with Gasteiger partial charge in [-0.05, 0) is 46.7 Å². The summed E-state index contributed by atoms with van der Waals surface area (Å²) in [7, 11) is -1.03. The minimum absolute atomic E-state index is 0.168. The zero-order valence-electron chi connectivity index (χ0n) is 13.0. The van der Waals surface area contributed by atoms with E-state index >= 15 is 0 Å². The van der Waals surface area contributed by atoms with Crippen LogP contribution in [0.2, 0.25) is 0 Å². The lowest BCUT2D eigenvalue weighted by Crippen LogP contribution is -2.46. The Balaban J connectivity index is 3.87. The zero-order chi connectivity index (χ0) is 15.8. The quantitative estimate of drug-likeness (QED) is 0.464. The lowest BCUT2D eigenvalue weighted by molar-refractivity contribution is -0.149. The predicted octanol–water partition coefficient (Wildman–Crippen LogP) is 0.414. The number of nitrogens with two attached hydrogens (primary N) is 1. The van der Waals surface area contributed by atoms with E-state index in [0.717, 1.165) is 19.4 Å². The first-order valence-electron chi connectivity index (χ1n) is 6.91. The highest BCUT2D eigenvalue weighted by Crippen LogP contribution is 2.13. The molecule has 0 aromatic heterocycles. The summed E-state index contributed by atoms with van der Waals surface area (Å²) >= 11 is 0. The average molecular weight is 308 g/mol. The number of nitrogens with zero attached hydrogens (tertiary/aromatic N) is 1. The molecule has 20 heavy (non-hydrogen) atoms. The van der Waals surface area contributed by atoms with Gasteiger partial charge in [-0.2, -0.15) is 0 Å². The van der Waals surface area contributed by atoms with Gasteiger partial charge in [-0.1, -0.05) is 0 Å². The second-order valence-corrected chi connectivity index (χ2v) is 7.79. The lowest BCUT2D eigenvalue weighted by Gasteiger charge is -2.22. The van der Waals surface area contributed by atoms with Gasteiger partial charge in [-0.25, -0.2) is 8.42 Å². The van der Waals surface area contributed by atoms with Crippen LogP contribution in [0.3, 0.4) is 0 Å². The van der Waals surface area contributed by atoms with Gasteiger partial charge in [0.1, 0.15) is 15.4 Å². The van der Waals surface area contributed by atoms with Crippen LogP contribution in [0.25, 0.3) is 0 Å². The summed E-state index contributed by atoms with van der Waals surface area (Å²) < 4.78 is 27.0. The van der Waals surface area contributed by atoms with E-state index < -0.39 is 15.4 Å². The molecule has 0 amide bonds. The topological polar surface area (TPSA) is 89.7 Å². The third-order valence-electron chi connectivity index (χ3n) is 3.07. The minimum Gasteiger partial charge on any atom is -0.465 e. The van der Waals surface area contributed by atoms with Crippen molar-refractivity contribution >= 4 is 15.8 Å². The van der Waals surface area contributed by atoms with Crippen LogP contribution in [-0.2, 0) is 19.4 Å². The third-order valence-corrected chi connectivity index (χ3v) is 4.00. The molecule has 7 heteroatoms. The summed E-state index contributed by atoms with van der Waals surface area (Å²) in [4.78, 5) is 13.6. The SMILES string of the molecule is CCOC(=O)C(C)(N)CCCCN(C)CCS(C)(=O)=O. The van der Waals surface area contributed by atoms with E-state index in [1.165, 1.54) is 6.26 Å². The van der Waals surface area contributed by atoms with Gasteiger partial charge >= 0.3 is 5.97 Å². The number of esters is 1. The van der Waals surface area contributed by atoms with E-state index in [2.05, 4.69) is 0 Å². The molecule has 0 rings (SSSR count). The van der Waals surface area contributed by atoms with Crippen molar-refractivity contribution in [2.24, 2.45) is 5.73 Å². The van der Waals surface area contributed by atoms with Crippen LogP contribution in [0.15, 0.2) is 0 Å². The summed E-state index contributed by atoms with van der Waals surface area (Å²) in [6.07, 6.45) is 3.47. The number of hydrogen-bond donors (Lipinski definition) is 1. The average Bonchev–Trinajstić information content (AvgIpc) is 2.31. The Morgan fingerprint density at radius 3 is 2.40 bits per heavy atom. The Hall–Kier alpha value is -0.660. The molecule has 6 nitrogen and oxygen atoms in total. The second-order valence-electron chi connectivity index (χ2n) is 5.53. The molecule has 0 bridgehead atoms. The summed E-state index contributed by atoms with van der Waals surface area (Å²) in [5.41, 5.74) is 4.97. The second kappa shape index (κ2) is 8.59. The number of rotatable bonds is 10. The van der Waals surface area contributed by atoms with Crippen molar-refractivity contribution in [3.05, 3.63) is 0 Å². The molecule has 0 aromatic rings. The summed E-state index contributed by atoms with van der Waals surface area (Å²) in [6.45, 7) is 5.08. The zero-order valence-corrected chi connectivity index (χ0v) is 13.8. The summed E-state index contributed by atoms with van der Waals surface area (Å²) in [6, 6.07) is 0. The van der Waals surface area contributed by atoms with E-state index in [1.807, 2.05) is 11.9 Å². The number of carbonyl (C=O) groups excluding carboxylic acids is 1. The fourth-order valence-corrected chi connectivity index (χ4v) is 2.35. The van der Waals surface area contributed by atoms with Crippen LogP contribution >= 0.6 is 0 Å². The van der Waals surface area contributed by atoms with E-state index in [4.69, 9.17) is 10.5 Å². The van der Waals surface area contributed by atoms with Crippen LogP contribution in [0, 0.1) is 0 Å². The molecule has 1 atom stereocenters. The highest BCUT2D eigenvalue weighted by molar-refractivity contribution is 7.90. The molecule has 0 aromatic carbocycles. The van der Waals surface area contributed by atoms with Crippen LogP contribution in [0.1, 0.15) is 33.1 Å². The van der Waals surface area contributed by atoms with Crippen LogP contribution < -0.4 is 5.73 Å². The highest BCUT2D eigenvalue weighted by atomic mass is 32.2. The number of carbonyl (C=O) groups is 1. The Kier molecular flexibility index (Phi) is 8.30. The molecule has 0 saturated carbocycles. The van der Waals surface area contributed by atoms with E-state index in [0.29, 0.717) is 19.6 Å². The molecule has 0 spiro atoms. The molecule has 0 aliphatic heterocycles. The Morgan fingerprint density at radius 2 is 1.90 bits per heavy atom. The molecule has 0 saturated heterocycles. The smallest absolute Gasteiger partial charge is 0.325 e. The van der Waals surface area contributed by atoms with Crippen molar-refractivity contribution in [1.29, 1.82) is 0 Å². The Labute approximate surface area is 122 Å². The van der Waals surface area contributed by atoms with Gasteiger partial charge in [-0.15, -0.1) is 0 Å². The molecule has 0 fully saturated rings. The van der Waals surface area contributed by atoms with E-state index in [1.54, 1.807) is 13.8 Å². The minimum atomic E-state index is -2.91. The van der Waals surface area contributed by atoms with E-state index in [-0.39, 0.29) is 11.7 Å². The molecule has 120 valence electrons. The molecule has 0 heterocycles. The van der Waals surface area contributed by atoms with Crippen molar-refractivity contribution in [3.8, 4) is 0 Å². The number of unbranched alkanes of at least 4 members (excludes halogenated alkanes) is 1. The van der Waals surface area contributed by atoms with Crippen molar-refractivity contribution in [2.75, 3.05) is 38.8 Å². The van der Waals surface area contributed by atoms with Gasteiger partial charge in [0.05, 0.1) is 12.4 Å². The van der Waals surface area contributed by atoms with Gasteiger partial charge in [0.25, 0.3) is 0 Å². The predicted molar refractivity (Wildman–Crippen MR) is 80.3 cm³/mol. The molecule has 2 N–H and O–H groups in total. The number of ether oxygens (including phenoxy) is 1. The first-order chi connectivity index (χ1) is 9.08. The first-order valence-corrected chi connectivity index (χ1v) is 8.97. The fourth-order valence-electron chi connectivity index (χ4n) is 1.71. The maximum absolute atomic E-state index is 11.6. The first kappa shape index (κ1) is 19.3. The summed E-state index contributed by atoms with van der Waals surface area (Å²) in [5, 5.41) is 0.